The van der Waals surface area contributed by atoms with Crippen molar-refractivity contribution < 1.29 is 13.0 Å². The highest BCUT2D eigenvalue weighted by Crippen LogP contribution is 2.30. The first kappa shape index (κ1) is 22.6. The Kier molecular flexibility index (Phi) is 7.61. The molecule has 166 valence electrons. The predicted octanol–water partition coefficient (Wildman–Crippen LogP) is 6.27. The molecule has 3 aromatic carbocycles. The van der Waals surface area contributed by atoms with Crippen LogP contribution in [0.4, 0.5) is 8.78 Å². The minimum Gasteiger partial charge on any atom is -0.299 e. The van der Waals surface area contributed by atoms with E-state index < -0.39 is 10.8 Å². The normalized spacial score (nSPS) is 15.5. The first-order valence-corrected chi connectivity index (χ1v) is 12.1. The molecule has 1 heterocycles. The molecule has 0 amide bonds. The van der Waals surface area contributed by atoms with Crippen LogP contribution < -0.4 is 0 Å². The van der Waals surface area contributed by atoms with Gasteiger partial charge in [-0.25, -0.2) is 13.0 Å². The third-order valence-corrected chi connectivity index (χ3v) is 7.51. The summed E-state index contributed by atoms with van der Waals surface area (Å²) in [5.41, 5.74) is 2.08. The summed E-state index contributed by atoms with van der Waals surface area (Å²) in [5, 5.41) is 0. The van der Waals surface area contributed by atoms with Crippen molar-refractivity contribution in [3.63, 3.8) is 0 Å². The number of halogens is 2. The zero-order valence-corrected chi connectivity index (χ0v) is 18.7. The maximum absolute atomic E-state index is 13.4. The summed E-state index contributed by atoms with van der Waals surface area (Å²) in [7, 11) is -1.08. The summed E-state index contributed by atoms with van der Waals surface area (Å²) >= 11 is 0. The number of hydrogen-bond acceptors (Lipinski definition) is 2. The van der Waals surface area contributed by atoms with Crippen LogP contribution in [0.1, 0.15) is 36.3 Å². The maximum atomic E-state index is 13.4. The smallest absolute Gasteiger partial charge is 0.123 e. The fourth-order valence-corrected chi connectivity index (χ4v) is 5.40. The van der Waals surface area contributed by atoms with Crippen molar-refractivity contribution in [3.05, 3.63) is 113 Å². The molecule has 1 atom stereocenters. The molecule has 0 saturated heterocycles. The third kappa shape index (κ3) is 5.78. The van der Waals surface area contributed by atoms with Crippen molar-refractivity contribution in [1.82, 2.24) is 4.90 Å². The zero-order valence-electron chi connectivity index (χ0n) is 17.9. The molecule has 0 aromatic heterocycles. The third-order valence-electron chi connectivity index (χ3n) is 5.96. The Bertz CT molecular complexity index is 1020. The molecule has 1 unspecified atom stereocenters. The van der Waals surface area contributed by atoms with Gasteiger partial charge in [0.15, 0.2) is 0 Å². The summed E-state index contributed by atoms with van der Waals surface area (Å²) in [6.45, 7) is 2.62. The standard InChI is InChI=1S/C27H27F2NOS/c28-23-12-8-21(9-13-23)27(22-10-14-24(29)15-11-22)7-4-18-30-19-16-26(17-20-30)32(31)25-5-2-1-3-6-25/h1-3,5-6,8-16,27H,4,7,17-20H2. The minimum absolute atomic E-state index is 0.0951. The monoisotopic (exact) mass is 451 g/mol. The van der Waals surface area contributed by atoms with Gasteiger partial charge in [-0.15, -0.1) is 0 Å². The first-order chi connectivity index (χ1) is 15.6. The van der Waals surface area contributed by atoms with E-state index in [9.17, 15) is 13.0 Å². The lowest BCUT2D eigenvalue weighted by Gasteiger charge is -2.27. The summed E-state index contributed by atoms with van der Waals surface area (Å²) in [4.78, 5) is 4.23. The maximum Gasteiger partial charge on any atom is 0.123 e. The Morgan fingerprint density at radius 3 is 1.97 bits per heavy atom. The molecule has 0 saturated carbocycles. The largest absolute Gasteiger partial charge is 0.299 e. The van der Waals surface area contributed by atoms with Crippen molar-refractivity contribution in [1.29, 1.82) is 0 Å². The molecule has 0 N–H and O–H groups in total. The van der Waals surface area contributed by atoms with Crippen molar-refractivity contribution in [3.8, 4) is 0 Å². The topological polar surface area (TPSA) is 20.3 Å². The van der Waals surface area contributed by atoms with E-state index in [4.69, 9.17) is 0 Å². The number of nitrogens with zero attached hydrogens (tertiary/aromatic N) is 1. The van der Waals surface area contributed by atoms with E-state index in [0.717, 1.165) is 59.8 Å². The fourth-order valence-electron chi connectivity index (χ4n) is 4.19. The van der Waals surface area contributed by atoms with Crippen LogP contribution in [-0.2, 0) is 10.8 Å². The average Bonchev–Trinajstić information content (AvgIpc) is 2.84. The number of rotatable bonds is 8. The van der Waals surface area contributed by atoms with Gasteiger partial charge >= 0.3 is 0 Å². The van der Waals surface area contributed by atoms with Gasteiger partial charge in [0.2, 0.25) is 0 Å². The quantitative estimate of drug-likeness (QED) is 0.402. The van der Waals surface area contributed by atoms with E-state index in [1.54, 1.807) is 0 Å². The van der Waals surface area contributed by atoms with Gasteiger partial charge in [-0.1, -0.05) is 48.5 Å². The molecule has 2 nitrogen and oxygen atoms in total. The van der Waals surface area contributed by atoms with Gasteiger partial charge < -0.3 is 0 Å². The van der Waals surface area contributed by atoms with Crippen LogP contribution >= 0.6 is 0 Å². The SMILES string of the molecule is O=S(C1=CCN(CCCC(c2ccc(F)cc2)c2ccc(F)cc2)CC1)c1ccccc1. The van der Waals surface area contributed by atoms with Gasteiger partial charge in [0.05, 0.1) is 10.8 Å². The predicted molar refractivity (Wildman–Crippen MR) is 126 cm³/mol. The van der Waals surface area contributed by atoms with Crippen LogP contribution in [0.2, 0.25) is 0 Å². The average molecular weight is 452 g/mol. The van der Waals surface area contributed by atoms with E-state index in [1.165, 1.54) is 24.3 Å². The van der Waals surface area contributed by atoms with Crippen molar-refractivity contribution in [2.45, 2.75) is 30.1 Å². The summed E-state index contributed by atoms with van der Waals surface area (Å²) < 4.78 is 39.6. The Hall–Kier alpha value is -2.63. The second-order valence-corrected chi connectivity index (χ2v) is 9.63. The molecule has 0 radical (unpaired) electrons. The molecular weight excluding hydrogens is 424 g/mol. The Labute approximate surface area is 191 Å². The van der Waals surface area contributed by atoms with Crippen LogP contribution in [-0.4, -0.2) is 28.7 Å². The fraction of sp³-hybridized carbons (Fsp3) is 0.259. The summed E-state index contributed by atoms with van der Waals surface area (Å²) in [5.74, 6) is -0.413. The highest BCUT2D eigenvalue weighted by molar-refractivity contribution is 7.89. The van der Waals surface area contributed by atoms with Gasteiger partial charge in [0, 0.05) is 28.8 Å². The lowest BCUT2D eigenvalue weighted by Crippen LogP contribution is -2.30. The second-order valence-electron chi connectivity index (χ2n) is 8.10. The Balaban J connectivity index is 1.36. The van der Waals surface area contributed by atoms with Gasteiger partial charge in [-0.3, -0.25) is 4.90 Å². The highest BCUT2D eigenvalue weighted by Gasteiger charge is 2.19. The van der Waals surface area contributed by atoms with Crippen LogP contribution in [0.5, 0.6) is 0 Å². The summed E-state index contributed by atoms with van der Waals surface area (Å²) in [6.07, 6.45) is 4.76. The van der Waals surface area contributed by atoms with Crippen molar-refractivity contribution in [2.75, 3.05) is 19.6 Å². The molecule has 0 fully saturated rings. The molecule has 0 aliphatic carbocycles. The lowest BCUT2D eigenvalue weighted by atomic mass is 9.87. The van der Waals surface area contributed by atoms with Gasteiger partial charge in [-0.05, 0) is 73.3 Å². The van der Waals surface area contributed by atoms with Crippen LogP contribution in [0.15, 0.2) is 94.7 Å². The summed E-state index contributed by atoms with van der Waals surface area (Å²) in [6, 6.07) is 22.8. The molecule has 32 heavy (non-hydrogen) atoms. The molecule has 1 aliphatic rings. The van der Waals surface area contributed by atoms with Crippen molar-refractivity contribution >= 4 is 10.8 Å². The first-order valence-electron chi connectivity index (χ1n) is 11.0. The van der Waals surface area contributed by atoms with E-state index in [2.05, 4.69) is 11.0 Å². The zero-order chi connectivity index (χ0) is 22.3. The van der Waals surface area contributed by atoms with E-state index >= 15 is 0 Å². The van der Waals surface area contributed by atoms with E-state index in [0.29, 0.717) is 0 Å². The van der Waals surface area contributed by atoms with Gasteiger partial charge in [0.1, 0.15) is 11.6 Å². The number of hydrogen-bond donors (Lipinski definition) is 0. The minimum atomic E-state index is -1.08. The van der Waals surface area contributed by atoms with E-state index in [-0.39, 0.29) is 17.6 Å². The molecule has 1 aliphatic heterocycles. The van der Waals surface area contributed by atoms with Crippen LogP contribution in [0.3, 0.4) is 0 Å². The lowest BCUT2D eigenvalue weighted by molar-refractivity contribution is 0.288. The van der Waals surface area contributed by atoms with Crippen LogP contribution in [0, 0.1) is 11.6 Å². The van der Waals surface area contributed by atoms with Gasteiger partial charge in [0.25, 0.3) is 0 Å². The number of benzene rings is 3. The van der Waals surface area contributed by atoms with E-state index in [1.807, 2.05) is 54.6 Å². The molecular formula is C27H27F2NOS. The molecule has 4 rings (SSSR count). The second kappa shape index (κ2) is 10.8. The molecule has 5 heteroatoms. The molecule has 0 bridgehead atoms. The molecule has 3 aromatic rings. The van der Waals surface area contributed by atoms with Crippen LogP contribution in [0.25, 0.3) is 0 Å². The van der Waals surface area contributed by atoms with Gasteiger partial charge in [-0.2, -0.15) is 0 Å². The Morgan fingerprint density at radius 1 is 0.844 bits per heavy atom. The highest BCUT2D eigenvalue weighted by atomic mass is 32.2. The molecule has 0 spiro atoms. The van der Waals surface area contributed by atoms with Crippen molar-refractivity contribution in [2.24, 2.45) is 0 Å². The Morgan fingerprint density at radius 2 is 1.44 bits per heavy atom.